The Kier molecular flexibility index (Phi) is 49.9. The van der Waals surface area contributed by atoms with Crippen LogP contribution in [0.25, 0.3) is 0 Å². The highest BCUT2D eigenvalue weighted by Gasteiger charge is 2.35. The van der Waals surface area contributed by atoms with Gasteiger partial charge in [-0.1, -0.05) is 233 Å². The summed E-state index contributed by atoms with van der Waals surface area (Å²) in [7, 11) is 0. The third-order valence-electron chi connectivity index (χ3n) is 14.1. The minimum Gasteiger partial charge on any atom is -0.465 e. The monoisotopic (exact) mass is 983 g/mol. The van der Waals surface area contributed by atoms with Gasteiger partial charge in [-0.2, -0.15) is 0 Å². The van der Waals surface area contributed by atoms with Crippen molar-refractivity contribution >= 4 is 17.9 Å². The van der Waals surface area contributed by atoms with Crippen molar-refractivity contribution in [3.8, 4) is 0 Å². The van der Waals surface area contributed by atoms with E-state index in [1.165, 1.54) is 77.0 Å². The lowest BCUT2D eigenvalue weighted by molar-refractivity contribution is -0.165. The van der Waals surface area contributed by atoms with Crippen LogP contribution in [0.3, 0.4) is 0 Å². The van der Waals surface area contributed by atoms with Crippen molar-refractivity contribution in [1.29, 1.82) is 0 Å². The summed E-state index contributed by atoms with van der Waals surface area (Å²) in [6, 6.07) is 0. The molecule has 0 aliphatic carbocycles. The molecule has 3 atom stereocenters. The Labute approximate surface area is 425 Å². The van der Waals surface area contributed by atoms with E-state index in [1.54, 1.807) is 0 Å². The van der Waals surface area contributed by atoms with Gasteiger partial charge in [-0.05, 0) is 57.8 Å². The maximum Gasteiger partial charge on any atom is 0.305 e. The van der Waals surface area contributed by atoms with Crippen molar-refractivity contribution in [1.82, 2.24) is 0 Å². The highest BCUT2D eigenvalue weighted by Crippen LogP contribution is 2.23. The molecule has 0 aliphatic heterocycles. The molecule has 10 heteroatoms. The van der Waals surface area contributed by atoms with E-state index in [0.717, 1.165) is 173 Å². The molecule has 0 amide bonds. The molecule has 0 aromatic carbocycles. The van der Waals surface area contributed by atoms with E-state index in [1.807, 2.05) is 0 Å². The number of ether oxygens (including phenoxy) is 3. The average Bonchev–Trinajstić information content (AvgIpc) is 3.34. The summed E-state index contributed by atoms with van der Waals surface area (Å²) in [4.78, 5) is 38.5. The van der Waals surface area contributed by atoms with Gasteiger partial charge in [0.1, 0.15) is 19.8 Å². The van der Waals surface area contributed by atoms with Crippen LogP contribution in [0.5, 0.6) is 0 Å². The van der Waals surface area contributed by atoms with Gasteiger partial charge in [0.25, 0.3) is 0 Å². The first kappa shape index (κ1) is 67.2. The van der Waals surface area contributed by atoms with E-state index < -0.39 is 12.0 Å². The zero-order chi connectivity index (χ0) is 50.7. The summed E-state index contributed by atoms with van der Waals surface area (Å²) in [6.45, 7) is 5.55. The van der Waals surface area contributed by atoms with Crippen LogP contribution in [0.4, 0.5) is 0 Å². The van der Waals surface area contributed by atoms with Crippen molar-refractivity contribution in [2.45, 2.75) is 328 Å². The van der Waals surface area contributed by atoms with E-state index in [0.29, 0.717) is 19.3 Å². The number of aliphatic hydroxyl groups excluding tert-OH is 4. The van der Waals surface area contributed by atoms with Crippen molar-refractivity contribution in [3.05, 3.63) is 0 Å². The summed E-state index contributed by atoms with van der Waals surface area (Å²) >= 11 is 0. The molecule has 0 bridgehead atoms. The Morgan fingerprint density at radius 2 is 0.507 bits per heavy atom. The molecule has 69 heavy (non-hydrogen) atoms. The largest absolute Gasteiger partial charge is 0.465 e. The molecule has 0 saturated carbocycles. The lowest BCUT2D eigenvalue weighted by Crippen LogP contribution is -2.42. The van der Waals surface area contributed by atoms with Crippen LogP contribution in [0.2, 0.25) is 0 Å². The summed E-state index contributed by atoms with van der Waals surface area (Å²) in [5, 5.41) is 41.2. The van der Waals surface area contributed by atoms with E-state index in [2.05, 4.69) is 20.8 Å². The molecule has 0 aliphatic rings. The van der Waals surface area contributed by atoms with E-state index in [9.17, 15) is 34.8 Å². The molecule has 410 valence electrons. The Morgan fingerprint density at radius 3 is 0.710 bits per heavy atom. The first-order valence-corrected chi connectivity index (χ1v) is 29.7. The van der Waals surface area contributed by atoms with Gasteiger partial charge in [0, 0.05) is 19.3 Å². The number of hydrogen-bond acceptors (Lipinski definition) is 10. The van der Waals surface area contributed by atoms with Gasteiger partial charge in [-0.15, -0.1) is 0 Å². The fourth-order valence-corrected chi connectivity index (χ4v) is 9.16. The van der Waals surface area contributed by atoms with Gasteiger partial charge < -0.3 is 34.6 Å². The quantitative estimate of drug-likeness (QED) is 0.0262. The summed E-state index contributed by atoms with van der Waals surface area (Å²) in [5.74, 6) is -1.11. The van der Waals surface area contributed by atoms with Crippen LogP contribution < -0.4 is 0 Å². The van der Waals surface area contributed by atoms with Crippen molar-refractivity contribution in [3.63, 3.8) is 0 Å². The van der Waals surface area contributed by atoms with Crippen LogP contribution in [0.15, 0.2) is 0 Å². The molecular formula is C59H114O10. The maximum atomic E-state index is 12.8. The average molecular weight is 984 g/mol. The van der Waals surface area contributed by atoms with Crippen LogP contribution in [-0.2, 0) is 28.6 Å². The lowest BCUT2D eigenvalue weighted by Gasteiger charge is -2.30. The molecular weight excluding hydrogens is 869 g/mol. The Bertz CT molecular complexity index is 986. The molecule has 0 spiro atoms. The molecule has 0 radical (unpaired) electrons. The smallest absolute Gasteiger partial charge is 0.305 e. The molecule has 4 N–H and O–H groups in total. The predicted molar refractivity (Wildman–Crippen MR) is 285 cm³/mol. The lowest BCUT2D eigenvalue weighted by atomic mass is 9.92. The first-order chi connectivity index (χ1) is 33.6. The van der Waals surface area contributed by atoms with Gasteiger partial charge in [-0.25, -0.2) is 0 Å². The first-order valence-electron chi connectivity index (χ1n) is 29.7. The Balaban J connectivity index is 4.63. The number of rotatable bonds is 55. The van der Waals surface area contributed by atoms with E-state index >= 15 is 0 Å². The SMILES string of the molecule is CCCCCCC(O)CCCCCCCCCCC(=O)OCC(CO)(COC(=O)CCCCCCCCCCC(O)CCCCCC)COC(=O)CCCCCCCCCCC(O)CCCCCC. The molecule has 0 rings (SSSR count). The molecule has 0 saturated heterocycles. The maximum absolute atomic E-state index is 12.8. The molecule has 0 aromatic heterocycles. The van der Waals surface area contributed by atoms with Crippen LogP contribution in [0, 0.1) is 5.41 Å². The number of carbonyl (C=O) groups is 3. The highest BCUT2D eigenvalue weighted by atomic mass is 16.6. The summed E-state index contributed by atoms with van der Waals surface area (Å²) in [6.07, 6.45) is 45.4. The van der Waals surface area contributed by atoms with Crippen molar-refractivity contribution in [2.75, 3.05) is 26.4 Å². The van der Waals surface area contributed by atoms with Gasteiger partial charge in [0.2, 0.25) is 0 Å². The standard InChI is InChI=1S/C59H114O10/c1-4-7-10-31-40-53(61)43-34-25-19-13-16-22-28-37-46-56(64)67-50-59(49-60,51-68-57(65)47-38-29-23-17-14-20-26-35-44-54(62)41-32-11-8-5-2)52-69-58(66)48-39-30-24-18-15-21-27-36-45-55(63)42-33-12-9-6-3/h53-55,60-63H,4-52H2,1-3H3. The zero-order valence-corrected chi connectivity index (χ0v) is 45.6. The van der Waals surface area contributed by atoms with Crippen LogP contribution >= 0.6 is 0 Å². The zero-order valence-electron chi connectivity index (χ0n) is 45.6. The molecule has 0 aromatic rings. The Morgan fingerprint density at radius 1 is 0.319 bits per heavy atom. The van der Waals surface area contributed by atoms with Crippen LogP contribution in [0.1, 0.15) is 310 Å². The van der Waals surface area contributed by atoms with Crippen LogP contribution in [-0.4, -0.2) is 83.1 Å². The predicted octanol–water partition coefficient (Wildman–Crippen LogP) is 15.3. The second-order valence-electron chi connectivity index (χ2n) is 21.3. The molecule has 0 heterocycles. The number of hydrogen-bond donors (Lipinski definition) is 4. The minimum absolute atomic E-state index is 0.157. The Hall–Kier alpha value is -1.75. The third-order valence-corrected chi connectivity index (χ3v) is 14.1. The van der Waals surface area contributed by atoms with Gasteiger partial charge in [0.05, 0.1) is 30.3 Å². The summed E-state index contributed by atoms with van der Waals surface area (Å²) < 4.78 is 17.0. The fraction of sp³-hybridized carbons (Fsp3) is 0.949. The normalized spacial score (nSPS) is 13.8. The van der Waals surface area contributed by atoms with E-state index in [4.69, 9.17) is 14.2 Å². The van der Waals surface area contributed by atoms with Gasteiger partial charge >= 0.3 is 17.9 Å². The molecule has 10 nitrogen and oxygen atoms in total. The van der Waals surface area contributed by atoms with Gasteiger partial charge in [0.15, 0.2) is 0 Å². The third kappa shape index (κ3) is 47.0. The topological polar surface area (TPSA) is 160 Å². The van der Waals surface area contributed by atoms with Crippen molar-refractivity contribution in [2.24, 2.45) is 5.41 Å². The molecule has 3 unspecified atom stereocenters. The highest BCUT2D eigenvalue weighted by molar-refractivity contribution is 5.70. The molecule has 0 fully saturated rings. The number of esters is 3. The van der Waals surface area contributed by atoms with E-state index in [-0.39, 0.29) is 75.3 Å². The van der Waals surface area contributed by atoms with Crippen molar-refractivity contribution < 1.29 is 49.0 Å². The summed E-state index contributed by atoms with van der Waals surface area (Å²) in [5.41, 5.74) is -1.23. The number of carbonyl (C=O) groups excluding carboxylic acids is 3. The fourth-order valence-electron chi connectivity index (χ4n) is 9.16. The van der Waals surface area contributed by atoms with Gasteiger partial charge in [-0.3, -0.25) is 14.4 Å². The second kappa shape index (κ2) is 51.2. The number of unbranched alkanes of at least 4 members (excludes halogenated alkanes) is 30. The number of aliphatic hydroxyl groups is 4. The minimum atomic E-state index is -1.23. The second-order valence-corrected chi connectivity index (χ2v) is 21.3.